The lowest BCUT2D eigenvalue weighted by Gasteiger charge is -2.15. The Morgan fingerprint density at radius 3 is 2.68 bits per heavy atom. The summed E-state index contributed by atoms with van der Waals surface area (Å²) in [5, 5.41) is 3.19. The van der Waals surface area contributed by atoms with Gasteiger partial charge in [-0.2, -0.15) is 4.98 Å². The average molecular weight is 290 g/mol. The third-order valence-corrected chi connectivity index (χ3v) is 3.60. The first-order valence-corrected chi connectivity index (χ1v) is 7.06. The molecule has 3 heterocycles. The highest BCUT2D eigenvalue weighted by molar-refractivity contribution is 5.54. The lowest BCUT2D eigenvalue weighted by Crippen LogP contribution is -2.18. The molecule has 4 rings (SSSR count). The lowest BCUT2D eigenvalue weighted by atomic mass is 10.2. The number of nitrogens with one attached hydrogen (secondary N) is 1. The molecule has 0 bridgehead atoms. The molecule has 3 aromatic rings. The van der Waals surface area contributed by atoms with Crippen LogP contribution >= 0.6 is 0 Å². The quantitative estimate of drug-likeness (QED) is 0.799. The zero-order valence-electron chi connectivity index (χ0n) is 11.8. The van der Waals surface area contributed by atoms with Gasteiger partial charge in [0, 0.05) is 31.2 Å². The Kier molecular flexibility index (Phi) is 3.12. The van der Waals surface area contributed by atoms with E-state index in [1.807, 2.05) is 48.8 Å². The zero-order chi connectivity index (χ0) is 14.8. The van der Waals surface area contributed by atoms with Gasteiger partial charge >= 0.3 is 0 Å². The van der Waals surface area contributed by atoms with Crippen LogP contribution in [-0.4, -0.2) is 19.9 Å². The molecule has 108 valence electrons. The second kappa shape index (κ2) is 5.40. The summed E-state index contributed by atoms with van der Waals surface area (Å²) >= 11 is 0. The van der Waals surface area contributed by atoms with Crippen LogP contribution in [0.5, 0.6) is 0 Å². The van der Waals surface area contributed by atoms with E-state index < -0.39 is 0 Å². The maximum Gasteiger partial charge on any atom is 0.231 e. The summed E-state index contributed by atoms with van der Waals surface area (Å²) in [6.07, 6.45) is 5.26. The molecule has 0 spiro atoms. The van der Waals surface area contributed by atoms with Gasteiger partial charge in [0.25, 0.3) is 0 Å². The van der Waals surface area contributed by atoms with Crippen molar-refractivity contribution in [3.05, 3.63) is 66.2 Å². The molecule has 0 unspecified atom stereocenters. The fourth-order valence-corrected chi connectivity index (χ4v) is 2.51. The number of pyridine rings is 1. The standard InChI is InChI=1S/C16H14N6/c1-2-4-14(5-3-1)20-15-18-11-19-16(21-15)22-9-12-6-7-17-8-13(12)10-22/h1-8,11H,9-10H2,(H,18,19,20,21). The van der Waals surface area contributed by atoms with Crippen LogP contribution in [0.3, 0.4) is 0 Å². The van der Waals surface area contributed by atoms with Crippen LogP contribution in [0.4, 0.5) is 17.6 Å². The van der Waals surface area contributed by atoms with Crippen molar-refractivity contribution < 1.29 is 0 Å². The van der Waals surface area contributed by atoms with E-state index in [0.29, 0.717) is 11.9 Å². The van der Waals surface area contributed by atoms with Crippen molar-refractivity contribution >= 4 is 17.6 Å². The zero-order valence-corrected chi connectivity index (χ0v) is 11.8. The van der Waals surface area contributed by atoms with Gasteiger partial charge in [-0.25, -0.2) is 9.97 Å². The molecule has 0 radical (unpaired) electrons. The molecular weight excluding hydrogens is 276 g/mol. The highest BCUT2D eigenvalue weighted by Gasteiger charge is 2.21. The maximum absolute atomic E-state index is 4.51. The van der Waals surface area contributed by atoms with E-state index in [-0.39, 0.29) is 0 Å². The Bertz CT molecular complexity index is 764. The molecule has 2 aromatic heterocycles. The maximum atomic E-state index is 4.51. The van der Waals surface area contributed by atoms with Gasteiger partial charge in [-0.15, -0.1) is 0 Å². The SMILES string of the molecule is c1ccc(Nc2ncnc(N3Cc4ccncc4C3)n2)cc1. The van der Waals surface area contributed by atoms with Crippen LogP contribution in [-0.2, 0) is 13.1 Å². The topological polar surface area (TPSA) is 66.8 Å². The fourth-order valence-electron chi connectivity index (χ4n) is 2.51. The number of anilines is 3. The van der Waals surface area contributed by atoms with Gasteiger partial charge in [-0.1, -0.05) is 18.2 Å². The average Bonchev–Trinajstić information content (AvgIpc) is 3.00. The lowest BCUT2D eigenvalue weighted by molar-refractivity contribution is 0.819. The number of hydrogen-bond acceptors (Lipinski definition) is 6. The number of aromatic nitrogens is 4. The minimum atomic E-state index is 0.547. The van der Waals surface area contributed by atoms with Crippen molar-refractivity contribution in [3.8, 4) is 0 Å². The molecule has 0 atom stereocenters. The van der Waals surface area contributed by atoms with E-state index in [9.17, 15) is 0 Å². The molecular formula is C16H14N6. The molecule has 1 aliphatic rings. The van der Waals surface area contributed by atoms with Crippen LogP contribution in [0.25, 0.3) is 0 Å². The number of nitrogens with zero attached hydrogens (tertiary/aromatic N) is 5. The van der Waals surface area contributed by atoms with Crippen molar-refractivity contribution in [1.82, 2.24) is 19.9 Å². The van der Waals surface area contributed by atoms with Gasteiger partial charge in [0.15, 0.2) is 0 Å². The van der Waals surface area contributed by atoms with Crippen LogP contribution < -0.4 is 10.2 Å². The Labute approximate surface area is 127 Å². The number of benzene rings is 1. The Morgan fingerprint density at radius 2 is 1.82 bits per heavy atom. The summed E-state index contributed by atoms with van der Waals surface area (Å²) in [7, 11) is 0. The number of para-hydroxylation sites is 1. The summed E-state index contributed by atoms with van der Waals surface area (Å²) in [4.78, 5) is 19.3. The fraction of sp³-hybridized carbons (Fsp3) is 0.125. The molecule has 6 heteroatoms. The van der Waals surface area contributed by atoms with E-state index in [2.05, 4.69) is 30.2 Å². The van der Waals surface area contributed by atoms with Gasteiger partial charge in [-0.3, -0.25) is 4.98 Å². The van der Waals surface area contributed by atoms with Crippen LogP contribution in [0.15, 0.2) is 55.1 Å². The van der Waals surface area contributed by atoms with Crippen molar-refractivity contribution in [2.24, 2.45) is 0 Å². The van der Waals surface area contributed by atoms with Gasteiger partial charge in [0.05, 0.1) is 0 Å². The minimum absolute atomic E-state index is 0.547. The molecule has 0 saturated carbocycles. The third kappa shape index (κ3) is 2.46. The molecule has 1 aliphatic heterocycles. The van der Waals surface area contributed by atoms with Crippen molar-refractivity contribution in [2.45, 2.75) is 13.1 Å². The van der Waals surface area contributed by atoms with E-state index in [1.54, 1.807) is 0 Å². The van der Waals surface area contributed by atoms with Gasteiger partial charge < -0.3 is 10.2 Å². The highest BCUT2D eigenvalue weighted by Crippen LogP contribution is 2.25. The van der Waals surface area contributed by atoms with Crippen LogP contribution in [0.1, 0.15) is 11.1 Å². The molecule has 1 aromatic carbocycles. The van der Waals surface area contributed by atoms with E-state index in [1.165, 1.54) is 17.5 Å². The summed E-state index contributed by atoms with van der Waals surface area (Å²) in [6, 6.07) is 11.9. The van der Waals surface area contributed by atoms with Gasteiger partial charge in [0.1, 0.15) is 6.33 Å². The predicted molar refractivity (Wildman–Crippen MR) is 83.7 cm³/mol. The summed E-state index contributed by atoms with van der Waals surface area (Å²) in [5.74, 6) is 1.22. The summed E-state index contributed by atoms with van der Waals surface area (Å²) in [6.45, 7) is 1.57. The first kappa shape index (κ1) is 12.7. The first-order valence-electron chi connectivity index (χ1n) is 7.06. The Hall–Kier alpha value is -3.02. The van der Waals surface area contributed by atoms with Crippen LogP contribution in [0, 0.1) is 0 Å². The first-order chi connectivity index (χ1) is 10.9. The molecule has 0 saturated heterocycles. The van der Waals surface area contributed by atoms with E-state index in [0.717, 1.165) is 18.8 Å². The molecule has 0 amide bonds. The summed E-state index contributed by atoms with van der Waals surface area (Å²) < 4.78 is 0. The van der Waals surface area contributed by atoms with Crippen molar-refractivity contribution in [2.75, 3.05) is 10.2 Å². The monoisotopic (exact) mass is 290 g/mol. The molecule has 0 aliphatic carbocycles. The van der Waals surface area contributed by atoms with E-state index >= 15 is 0 Å². The molecule has 22 heavy (non-hydrogen) atoms. The number of hydrogen-bond donors (Lipinski definition) is 1. The van der Waals surface area contributed by atoms with Crippen LogP contribution in [0.2, 0.25) is 0 Å². The molecule has 6 nitrogen and oxygen atoms in total. The minimum Gasteiger partial charge on any atom is -0.332 e. The largest absolute Gasteiger partial charge is 0.332 e. The number of fused-ring (bicyclic) bond motifs is 1. The Balaban J connectivity index is 1.56. The molecule has 1 N–H and O–H groups in total. The smallest absolute Gasteiger partial charge is 0.231 e. The Morgan fingerprint density at radius 1 is 0.955 bits per heavy atom. The second-order valence-corrected chi connectivity index (χ2v) is 5.10. The summed E-state index contributed by atoms with van der Waals surface area (Å²) in [5.41, 5.74) is 3.45. The number of rotatable bonds is 3. The second-order valence-electron chi connectivity index (χ2n) is 5.10. The third-order valence-electron chi connectivity index (χ3n) is 3.60. The normalized spacial score (nSPS) is 13.0. The van der Waals surface area contributed by atoms with Gasteiger partial charge in [-0.05, 0) is 29.3 Å². The van der Waals surface area contributed by atoms with E-state index in [4.69, 9.17) is 0 Å². The highest BCUT2D eigenvalue weighted by atomic mass is 15.3. The van der Waals surface area contributed by atoms with Crippen molar-refractivity contribution in [1.29, 1.82) is 0 Å². The van der Waals surface area contributed by atoms with Crippen molar-refractivity contribution in [3.63, 3.8) is 0 Å². The predicted octanol–water partition coefficient (Wildman–Crippen LogP) is 2.53. The molecule has 0 fully saturated rings. The van der Waals surface area contributed by atoms with Gasteiger partial charge in [0.2, 0.25) is 11.9 Å².